The number of hydrazone groups is 1. The van der Waals surface area contributed by atoms with Crippen molar-refractivity contribution >= 4 is 34.8 Å². The molecule has 0 saturated carbocycles. The summed E-state index contributed by atoms with van der Waals surface area (Å²) in [6.07, 6.45) is 1.42. The van der Waals surface area contributed by atoms with Gasteiger partial charge in [-0.15, -0.1) is 0 Å². The van der Waals surface area contributed by atoms with Gasteiger partial charge in [0.25, 0.3) is 11.8 Å². The second-order valence-electron chi connectivity index (χ2n) is 8.11. The van der Waals surface area contributed by atoms with Crippen LogP contribution in [0.25, 0.3) is 10.8 Å². The topological polar surface area (TPSA) is 106 Å². The van der Waals surface area contributed by atoms with Crippen LogP contribution in [0.5, 0.6) is 11.5 Å². The smallest absolute Gasteiger partial charge is 0.343 e. The van der Waals surface area contributed by atoms with Crippen molar-refractivity contribution < 1.29 is 23.9 Å². The predicted molar refractivity (Wildman–Crippen MR) is 141 cm³/mol. The van der Waals surface area contributed by atoms with Crippen LogP contribution in [0.2, 0.25) is 0 Å². The molecule has 0 heterocycles. The van der Waals surface area contributed by atoms with Gasteiger partial charge in [0, 0.05) is 11.1 Å². The van der Waals surface area contributed by atoms with Crippen molar-refractivity contribution in [1.82, 2.24) is 10.7 Å². The summed E-state index contributed by atoms with van der Waals surface area (Å²) < 4.78 is 10.8. The summed E-state index contributed by atoms with van der Waals surface area (Å²) in [5, 5.41) is 8.31. The summed E-state index contributed by atoms with van der Waals surface area (Å²) in [7, 11) is 1.55. The van der Waals surface area contributed by atoms with E-state index in [1.807, 2.05) is 49.4 Å². The van der Waals surface area contributed by atoms with Crippen LogP contribution < -0.4 is 20.2 Å². The summed E-state index contributed by atoms with van der Waals surface area (Å²) in [5.41, 5.74) is 4.59. The molecule has 0 aliphatic heterocycles. The van der Waals surface area contributed by atoms with Crippen molar-refractivity contribution in [2.24, 2.45) is 5.10 Å². The first kappa shape index (κ1) is 25.1. The van der Waals surface area contributed by atoms with Gasteiger partial charge in [-0.3, -0.25) is 9.59 Å². The third-order valence-electron chi connectivity index (χ3n) is 5.64. The lowest BCUT2D eigenvalue weighted by Crippen LogP contribution is -2.35. The number of ether oxygens (including phenoxy) is 2. The molecular weight excluding hydrogens is 470 g/mol. The van der Waals surface area contributed by atoms with E-state index >= 15 is 0 Å². The monoisotopic (exact) mass is 495 g/mol. The summed E-state index contributed by atoms with van der Waals surface area (Å²) in [6, 6.07) is 24.7. The number of carbonyl (C=O) groups is 3. The number of esters is 1. The molecule has 0 saturated heterocycles. The Morgan fingerprint density at radius 2 is 1.62 bits per heavy atom. The van der Waals surface area contributed by atoms with Gasteiger partial charge in [0.1, 0.15) is 11.5 Å². The van der Waals surface area contributed by atoms with E-state index in [0.29, 0.717) is 22.4 Å². The highest BCUT2D eigenvalue weighted by Gasteiger charge is 2.14. The largest absolute Gasteiger partial charge is 0.497 e. The number of methoxy groups -OCH3 is 1. The van der Waals surface area contributed by atoms with E-state index in [2.05, 4.69) is 15.8 Å². The zero-order valence-corrected chi connectivity index (χ0v) is 20.4. The molecule has 0 spiro atoms. The van der Waals surface area contributed by atoms with Crippen LogP contribution >= 0.6 is 0 Å². The van der Waals surface area contributed by atoms with Gasteiger partial charge >= 0.3 is 5.97 Å². The van der Waals surface area contributed by atoms with E-state index in [1.165, 1.54) is 6.21 Å². The molecule has 0 atom stereocenters. The molecule has 0 aliphatic rings. The first-order valence-electron chi connectivity index (χ1n) is 11.5. The van der Waals surface area contributed by atoms with Gasteiger partial charge in [-0.25, -0.2) is 10.2 Å². The van der Waals surface area contributed by atoms with Gasteiger partial charge in [0.05, 0.1) is 25.4 Å². The molecule has 2 amide bonds. The number of nitrogens with one attached hydrogen (secondary N) is 2. The fraction of sp³-hybridized carbons (Fsp3) is 0.103. The van der Waals surface area contributed by atoms with Crippen molar-refractivity contribution in [1.29, 1.82) is 0 Å². The van der Waals surface area contributed by atoms with Crippen LogP contribution in [0.1, 0.15) is 31.8 Å². The van der Waals surface area contributed by atoms with Gasteiger partial charge in [-0.05, 0) is 59.7 Å². The van der Waals surface area contributed by atoms with Crippen LogP contribution in [-0.2, 0) is 4.79 Å². The Morgan fingerprint density at radius 1 is 0.892 bits per heavy atom. The Bertz CT molecular complexity index is 1480. The molecule has 2 N–H and O–H groups in total. The molecule has 37 heavy (non-hydrogen) atoms. The van der Waals surface area contributed by atoms with E-state index < -0.39 is 11.9 Å². The van der Waals surface area contributed by atoms with Crippen molar-refractivity contribution in [3.05, 3.63) is 107 Å². The van der Waals surface area contributed by atoms with E-state index in [0.717, 1.165) is 16.3 Å². The number of carbonyl (C=O) groups excluding carboxylic acids is 3. The quantitative estimate of drug-likeness (QED) is 0.164. The standard InChI is InChI=1S/C29H25N3O5/c1-19-7-3-5-9-23(19)28(34)30-18-27(33)32-31-17-25-24-10-6-4-8-20(24)13-16-26(25)37-29(35)21-11-14-22(36-2)15-12-21/h3-17H,18H2,1-2H3,(H,30,34)(H,32,33)/b31-17+. The molecule has 8 heteroatoms. The Balaban J connectivity index is 1.47. The average molecular weight is 496 g/mol. The maximum absolute atomic E-state index is 12.8. The fourth-order valence-corrected chi connectivity index (χ4v) is 3.68. The Labute approximate surface area is 213 Å². The minimum atomic E-state index is -0.546. The zero-order valence-electron chi connectivity index (χ0n) is 20.4. The van der Waals surface area contributed by atoms with E-state index in [1.54, 1.807) is 49.6 Å². The Hall–Kier alpha value is -4.98. The second-order valence-corrected chi connectivity index (χ2v) is 8.11. The van der Waals surface area contributed by atoms with Gasteiger partial charge in [-0.2, -0.15) is 5.10 Å². The SMILES string of the molecule is COc1ccc(C(=O)Oc2ccc3ccccc3c2/C=N/NC(=O)CNC(=O)c2ccccc2C)cc1. The minimum absolute atomic E-state index is 0.251. The molecule has 0 radical (unpaired) electrons. The molecule has 186 valence electrons. The van der Waals surface area contributed by atoms with Crippen molar-refractivity contribution in [3.8, 4) is 11.5 Å². The third kappa shape index (κ3) is 6.18. The lowest BCUT2D eigenvalue weighted by Gasteiger charge is -2.11. The van der Waals surface area contributed by atoms with E-state index in [-0.39, 0.29) is 18.2 Å². The lowest BCUT2D eigenvalue weighted by molar-refractivity contribution is -0.120. The molecule has 4 aromatic carbocycles. The Morgan fingerprint density at radius 3 is 2.38 bits per heavy atom. The van der Waals surface area contributed by atoms with Crippen LogP contribution in [0.4, 0.5) is 0 Å². The van der Waals surface area contributed by atoms with Crippen LogP contribution in [0.15, 0.2) is 90.0 Å². The molecular formula is C29H25N3O5. The number of fused-ring (bicyclic) bond motifs is 1. The van der Waals surface area contributed by atoms with Crippen LogP contribution in [0, 0.1) is 6.92 Å². The van der Waals surface area contributed by atoms with Crippen molar-refractivity contribution in [2.45, 2.75) is 6.92 Å². The molecule has 0 unspecified atom stereocenters. The summed E-state index contributed by atoms with van der Waals surface area (Å²) in [6.45, 7) is 1.57. The molecule has 0 aliphatic carbocycles. The molecule has 0 fully saturated rings. The highest BCUT2D eigenvalue weighted by molar-refractivity contribution is 6.04. The third-order valence-corrected chi connectivity index (χ3v) is 5.64. The Kier molecular flexibility index (Phi) is 7.90. The van der Waals surface area contributed by atoms with E-state index in [9.17, 15) is 14.4 Å². The molecule has 0 aromatic heterocycles. The van der Waals surface area contributed by atoms with Gasteiger partial charge in [-0.1, -0.05) is 48.5 Å². The zero-order chi connectivity index (χ0) is 26.2. The summed E-state index contributed by atoms with van der Waals surface area (Å²) >= 11 is 0. The van der Waals surface area contributed by atoms with E-state index in [4.69, 9.17) is 9.47 Å². The van der Waals surface area contributed by atoms with Crippen molar-refractivity contribution in [2.75, 3.05) is 13.7 Å². The number of hydrogen-bond acceptors (Lipinski definition) is 6. The first-order valence-corrected chi connectivity index (χ1v) is 11.5. The normalized spacial score (nSPS) is 10.8. The molecule has 4 rings (SSSR count). The number of amides is 2. The first-order chi connectivity index (χ1) is 18.0. The summed E-state index contributed by atoms with van der Waals surface area (Å²) in [5.74, 6) is -0.490. The summed E-state index contributed by atoms with van der Waals surface area (Å²) in [4.78, 5) is 37.4. The minimum Gasteiger partial charge on any atom is -0.497 e. The van der Waals surface area contributed by atoms with Crippen LogP contribution in [0.3, 0.4) is 0 Å². The number of benzene rings is 4. The number of aryl methyl sites for hydroxylation is 1. The maximum Gasteiger partial charge on any atom is 0.343 e. The number of nitrogens with zero attached hydrogens (tertiary/aromatic N) is 1. The predicted octanol–water partition coefficient (Wildman–Crippen LogP) is 4.26. The maximum atomic E-state index is 12.8. The molecule has 8 nitrogen and oxygen atoms in total. The van der Waals surface area contributed by atoms with Crippen LogP contribution in [-0.4, -0.2) is 37.7 Å². The highest BCUT2D eigenvalue weighted by atomic mass is 16.5. The van der Waals surface area contributed by atoms with Gasteiger partial charge in [0.15, 0.2) is 0 Å². The van der Waals surface area contributed by atoms with Gasteiger partial charge in [0.2, 0.25) is 0 Å². The number of hydrogen-bond donors (Lipinski definition) is 2. The highest BCUT2D eigenvalue weighted by Crippen LogP contribution is 2.27. The average Bonchev–Trinajstić information content (AvgIpc) is 2.93. The number of rotatable bonds is 8. The fourth-order valence-electron chi connectivity index (χ4n) is 3.68. The second kappa shape index (κ2) is 11.6. The molecule has 0 bridgehead atoms. The van der Waals surface area contributed by atoms with Crippen molar-refractivity contribution in [3.63, 3.8) is 0 Å². The lowest BCUT2D eigenvalue weighted by atomic mass is 10.0. The molecule has 4 aromatic rings. The van der Waals surface area contributed by atoms with Gasteiger partial charge < -0.3 is 14.8 Å².